The molecule has 0 saturated carbocycles. The highest BCUT2D eigenvalue weighted by atomic mass is 16.3. The lowest BCUT2D eigenvalue weighted by atomic mass is 9.81. The summed E-state index contributed by atoms with van der Waals surface area (Å²) in [6.07, 6.45) is 0. The predicted octanol–water partition coefficient (Wildman–Crippen LogP) is 13.2. The van der Waals surface area contributed by atoms with Crippen LogP contribution in [-0.2, 0) is 5.41 Å². The van der Waals surface area contributed by atoms with Crippen molar-refractivity contribution in [3.63, 3.8) is 0 Å². The molecule has 0 amide bonds. The molecule has 49 heavy (non-hydrogen) atoms. The van der Waals surface area contributed by atoms with E-state index in [-0.39, 0.29) is 5.41 Å². The number of rotatable bonds is 6. The molecule has 0 aliphatic heterocycles. The minimum Gasteiger partial charge on any atom is -0.456 e. The van der Waals surface area contributed by atoms with Gasteiger partial charge in [-0.2, -0.15) is 0 Å². The fourth-order valence-corrected chi connectivity index (χ4v) is 7.56. The lowest BCUT2D eigenvalue weighted by molar-refractivity contribution is 0.619. The third-order valence-electron chi connectivity index (χ3n) is 10.1. The highest BCUT2D eigenvalue weighted by molar-refractivity contribution is 5.95. The van der Waals surface area contributed by atoms with Gasteiger partial charge in [-0.3, -0.25) is 0 Å². The van der Waals surface area contributed by atoms with Crippen LogP contribution in [0.3, 0.4) is 0 Å². The summed E-state index contributed by atoms with van der Waals surface area (Å²) in [4.78, 5) is 2.33. The number of furan rings is 1. The van der Waals surface area contributed by atoms with Gasteiger partial charge in [0, 0.05) is 39.0 Å². The van der Waals surface area contributed by atoms with Gasteiger partial charge in [-0.15, -0.1) is 0 Å². The molecule has 0 spiro atoms. The van der Waals surface area contributed by atoms with Crippen LogP contribution >= 0.6 is 0 Å². The lowest BCUT2D eigenvalue weighted by Crippen LogP contribution is -2.14. The molecule has 7 aromatic carbocycles. The van der Waals surface area contributed by atoms with E-state index < -0.39 is 0 Å². The Morgan fingerprint density at radius 1 is 0.429 bits per heavy atom. The number of fused-ring (bicyclic) bond motifs is 5. The molecule has 0 saturated heterocycles. The first kappa shape index (κ1) is 29.1. The Morgan fingerprint density at radius 3 is 1.39 bits per heavy atom. The molecule has 234 valence electrons. The van der Waals surface area contributed by atoms with Gasteiger partial charge in [0.05, 0.1) is 0 Å². The van der Waals surface area contributed by atoms with Gasteiger partial charge in [0.2, 0.25) is 0 Å². The van der Waals surface area contributed by atoms with Crippen molar-refractivity contribution in [1.29, 1.82) is 0 Å². The van der Waals surface area contributed by atoms with Crippen LogP contribution in [0.2, 0.25) is 0 Å². The summed E-state index contributed by atoms with van der Waals surface area (Å²) in [6, 6.07) is 63.0. The lowest BCUT2D eigenvalue weighted by Gasteiger charge is -2.26. The average Bonchev–Trinajstić information content (AvgIpc) is 3.66. The van der Waals surface area contributed by atoms with Gasteiger partial charge in [-0.05, 0) is 87.5 Å². The number of para-hydroxylation sites is 1. The second kappa shape index (κ2) is 11.5. The Bertz CT molecular complexity index is 2340. The van der Waals surface area contributed by atoms with Crippen molar-refractivity contribution in [3.05, 3.63) is 187 Å². The van der Waals surface area contributed by atoms with E-state index in [0.717, 1.165) is 28.4 Å². The Balaban J connectivity index is 1.09. The van der Waals surface area contributed by atoms with E-state index in [0.29, 0.717) is 0 Å². The van der Waals surface area contributed by atoms with E-state index >= 15 is 0 Å². The van der Waals surface area contributed by atoms with Gasteiger partial charge < -0.3 is 9.32 Å². The largest absolute Gasteiger partial charge is 0.456 e. The maximum atomic E-state index is 6.48. The fraction of sp³-hybridized carbons (Fsp3) is 0.0638. The fourth-order valence-electron chi connectivity index (χ4n) is 7.56. The molecular formula is C47H35NO. The van der Waals surface area contributed by atoms with Gasteiger partial charge in [0.1, 0.15) is 11.3 Å². The molecule has 1 aromatic heterocycles. The Hall–Kier alpha value is -6.12. The van der Waals surface area contributed by atoms with E-state index in [1.165, 1.54) is 55.5 Å². The number of benzene rings is 7. The maximum absolute atomic E-state index is 6.48. The quantitative estimate of drug-likeness (QED) is 0.182. The molecule has 1 aliphatic rings. The highest BCUT2D eigenvalue weighted by Gasteiger charge is 2.40. The first-order chi connectivity index (χ1) is 24.0. The van der Waals surface area contributed by atoms with Crippen molar-refractivity contribution in [2.24, 2.45) is 0 Å². The van der Waals surface area contributed by atoms with Crippen molar-refractivity contribution in [3.8, 4) is 44.7 Å². The summed E-state index contributed by atoms with van der Waals surface area (Å²) in [5.41, 5.74) is 15.1. The summed E-state index contributed by atoms with van der Waals surface area (Å²) in [5, 5.41) is 1.21. The summed E-state index contributed by atoms with van der Waals surface area (Å²) in [5.74, 6) is 1.00. The van der Waals surface area contributed by atoms with Crippen LogP contribution < -0.4 is 4.90 Å². The number of anilines is 3. The van der Waals surface area contributed by atoms with E-state index in [1.54, 1.807) is 0 Å². The molecule has 1 aliphatic carbocycles. The van der Waals surface area contributed by atoms with Crippen LogP contribution in [0, 0.1) is 0 Å². The number of hydrogen-bond acceptors (Lipinski definition) is 2. The van der Waals surface area contributed by atoms with Gasteiger partial charge >= 0.3 is 0 Å². The minimum atomic E-state index is -0.119. The normalized spacial score (nSPS) is 12.9. The van der Waals surface area contributed by atoms with Crippen molar-refractivity contribution in [1.82, 2.24) is 0 Å². The monoisotopic (exact) mass is 629 g/mol. The zero-order valence-corrected chi connectivity index (χ0v) is 27.6. The molecule has 2 nitrogen and oxygen atoms in total. The van der Waals surface area contributed by atoms with Gasteiger partial charge in [-0.1, -0.05) is 141 Å². The third kappa shape index (κ3) is 4.96. The van der Waals surface area contributed by atoms with Crippen molar-refractivity contribution in [2.75, 3.05) is 4.90 Å². The van der Waals surface area contributed by atoms with E-state index in [2.05, 4.69) is 189 Å². The Labute approximate surface area is 287 Å². The maximum Gasteiger partial charge on any atom is 0.139 e. The second-order valence-corrected chi connectivity index (χ2v) is 13.4. The molecule has 0 N–H and O–H groups in total. The summed E-state index contributed by atoms with van der Waals surface area (Å²) in [6.45, 7) is 4.61. The zero-order valence-electron chi connectivity index (χ0n) is 27.6. The standard InChI is InChI=1S/C47H35NO/c1-47(2)43-30-23-37(31-42(43)46-45(47)41-15-9-10-16-44(41)49-46)36-21-28-40(29-22-36)48(38-24-17-34(18-25-38)32-11-5-3-6-12-32)39-26-19-35(20-27-39)33-13-7-4-8-14-33/h3-31H,1-2H3. The van der Waals surface area contributed by atoms with Gasteiger partial charge in [0.25, 0.3) is 0 Å². The van der Waals surface area contributed by atoms with Crippen molar-refractivity contribution >= 4 is 28.0 Å². The van der Waals surface area contributed by atoms with E-state index in [4.69, 9.17) is 4.42 Å². The molecule has 1 heterocycles. The Kier molecular flexibility index (Phi) is 6.84. The molecule has 9 rings (SSSR count). The molecule has 0 fully saturated rings. The van der Waals surface area contributed by atoms with Gasteiger partial charge in [0.15, 0.2) is 0 Å². The summed E-state index contributed by atoms with van der Waals surface area (Å²) < 4.78 is 6.48. The van der Waals surface area contributed by atoms with Crippen molar-refractivity contribution < 1.29 is 4.42 Å². The van der Waals surface area contributed by atoms with Crippen LogP contribution in [0.1, 0.15) is 25.0 Å². The van der Waals surface area contributed by atoms with Crippen LogP contribution in [0.25, 0.3) is 55.7 Å². The predicted molar refractivity (Wildman–Crippen MR) is 205 cm³/mol. The van der Waals surface area contributed by atoms with Gasteiger partial charge in [-0.25, -0.2) is 0 Å². The van der Waals surface area contributed by atoms with Crippen LogP contribution in [-0.4, -0.2) is 0 Å². The summed E-state index contributed by atoms with van der Waals surface area (Å²) in [7, 11) is 0. The molecule has 0 atom stereocenters. The molecule has 0 unspecified atom stereocenters. The smallest absolute Gasteiger partial charge is 0.139 e. The second-order valence-electron chi connectivity index (χ2n) is 13.4. The molecule has 0 bridgehead atoms. The molecular weight excluding hydrogens is 595 g/mol. The van der Waals surface area contributed by atoms with E-state index in [9.17, 15) is 0 Å². The number of nitrogens with zero attached hydrogens (tertiary/aromatic N) is 1. The van der Waals surface area contributed by atoms with Crippen LogP contribution in [0.15, 0.2) is 180 Å². The average molecular weight is 630 g/mol. The van der Waals surface area contributed by atoms with Crippen LogP contribution in [0.4, 0.5) is 17.1 Å². The first-order valence-corrected chi connectivity index (χ1v) is 16.9. The first-order valence-electron chi connectivity index (χ1n) is 16.9. The van der Waals surface area contributed by atoms with Crippen LogP contribution in [0.5, 0.6) is 0 Å². The van der Waals surface area contributed by atoms with Crippen molar-refractivity contribution in [2.45, 2.75) is 19.3 Å². The molecule has 2 heteroatoms. The number of hydrogen-bond donors (Lipinski definition) is 0. The SMILES string of the molecule is CC1(C)c2ccc(-c3ccc(N(c4ccc(-c5ccccc5)cc4)c4ccc(-c5ccccc5)cc4)cc3)cc2-c2oc3ccccc3c21. The minimum absolute atomic E-state index is 0.119. The zero-order chi connectivity index (χ0) is 33.0. The summed E-state index contributed by atoms with van der Waals surface area (Å²) >= 11 is 0. The molecule has 8 aromatic rings. The Morgan fingerprint density at radius 2 is 0.857 bits per heavy atom. The van der Waals surface area contributed by atoms with E-state index in [1.807, 2.05) is 6.07 Å². The molecule has 0 radical (unpaired) electrons. The topological polar surface area (TPSA) is 16.4 Å². The third-order valence-corrected chi connectivity index (χ3v) is 10.1. The highest BCUT2D eigenvalue weighted by Crippen LogP contribution is 2.53.